The van der Waals surface area contributed by atoms with Crippen LogP contribution in [0.4, 0.5) is 4.79 Å². The summed E-state index contributed by atoms with van der Waals surface area (Å²) in [7, 11) is 1.13. The molecule has 42 heavy (non-hydrogen) atoms. The van der Waals surface area contributed by atoms with E-state index in [-0.39, 0.29) is 26.2 Å². The fraction of sp³-hybridized carbons (Fsp3) is 0.586. The number of benzene rings is 1. The van der Waals surface area contributed by atoms with Gasteiger partial charge >= 0.3 is 24.0 Å². The van der Waals surface area contributed by atoms with Gasteiger partial charge in [-0.05, 0) is 47.1 Å². The van der Waals surface area contributed by atoms with Gasteiger partial charge in [-0.3, -0.25) is 24.0 Å². The van der Waals surface area contributed by atoms with E-state index < -0.39 is 71.9 Å². The lowest BCUT2D eigenvalue weighted by Gasteiger charge is -2.41. The SMILES string of the molecule is COC(=O)C[C@H]1C(=O)N(CC(=O)OC(C)(C)C)CCN1C(=O)[C@H](CC(=O)OCc1ccccc1)NC(=O)OC(C)(C)C. The number of esters is 3. The van der Waals surface area contributed by atoms with Gasteiger partial charge in [-0.15, -0.1) is 0 Å². The van der Waals surface area contributed by atoms with E-state index in [0.29, 0.717) is 0 Å². The molecule has 1 N–H and O–H groups in total. The highest BCUT2D eigenvalue weighted by atomic mass is 16.6. The zero-order valence-electron chi connectivity index (χ0n) is 25.3. The molecule has 13 nitrogen and oxygen atoms in total. The Morgan fingerprint density at radius 1 is 0.905 bits per heavy atom. The lowest BCUT2D eigenvalue weighted by molar-refractivity contribution is -0.165. The average Bonchev–Trinajstić information content (AvgIpc) is 2.87. The summed E-state index contributed by atoms with van der Waals surface area (Å²) in [6.45, 7) is 9.36. The van der Waals surface area contributed by atoms with Crippen molar-refractivity contribution in [2.24, 2.45) is 0 Å². The molecule has 0 aliphatic carbocycles. The van der Waals surface area contributed by atoms with E-state index in [0.717, 1.165) is 17.6 Å². The summed E-state index contributed by atoms with van der Waals surface area (Å²) in [6.07, 6.45) is -2.04. The number of methoxy groups -OCH3 is 1. The van der Waals surface area contributed by atoms with E-state index in [2.05, 4.69) is 5.32 Å². The van der Waals surface area contributed by atoms with Crippen LogP contribution in [-0.4, -0.2) is 95.6 Å². The number of nitrogens with one attached hydrogen (secondary N) is 1. The van der Waals surface area contributed by atoms with E-state index >= 15 is 0 Å². The number of hydrogen-bond donors (Lipinski definition) is 1. The highest BCUT2D eigenvalue weighted by Crippen LogP contribution is 2.19. The molecular weight excluding hydrogens is 550 g/mol. The highest BCUT2D eigenvalue weighted by Gasteiger charge is 2.43. The minimum Gasteiger partial charge on any atom is -0.469 e. The number of hydrogen-bond acceptors (Lipinski definition) is 10. The first-order valence-electron chi connectivity index (χ1n) is 13.6. The molecule has 1 heterocycles. The Morgan fingerprint density at radius 3 is 2.10 bits per heavy atom. The van der Waals surface area contributed by atoms with Crippen LogP contribution >= 0.6 is 0 Å². The lowest BCUT2D eigenvalue weighted by Crippen LogP contribution is -2.63. The summed E-state index contributed by atoms with van der Waals surface area (Å²) in [5.74, 6) is -3.71. The van der Waals surface area contributed by atoms with Crippen LogP contribution in [0.5, 0.6) is 0 Å². The van der Waals surface area contributed by atoms with Crippen molar-refractivity contribution in [3.05, 3.63) is 35.9 Å². The van der Waals surface area contributed by atoms with Crippen molar-refractivity contribution in [1.82, 2.24) is 15.1 Å². The van der Waals surface area contributed by atoms with Crippen molar-refractivity contribution in [3.8, 4) is 0 Å². The fourth-order valence-electron chi connectivity index (χ4n) is 4.04. The molecule has 0 aromatic heterocycles. The van der Waals surface area contributed by atoms with Crippen LogP contribution in [0.2, 0.25) is 0 Å². The van der Waals surface area contributed by atoms with Gasteiger partial charge in [-0.2, -0.15) is 0 Å². The van der Waals surface area contributed by atoms with Crippen molar-refractivity contribution in [2.45, 2.75) is 84.3 Å². The summed E-state index contributed by atoms with van der Waals surface area (Å²) in [5, 5.41) is 2.40. The van der Waals surface area contributed by atoms with Crippen molar-refractivity contribution in [2.75, 3.05) is 26.7 Å². The van der Waals surface area contributed by atoms with Gasteiger partial charge in [-0.25, -0.2) is 4.79 Å². The molecule has 2 atom stereocenters. The second-order valence-corrected chi connectivity index (χ2v) is 11.7. The van der Waals surface area contributed by atoms with E-state index in [4.69, 9.17) is 18.9 Å². The van der Waals surface area contributed by atoms with Gasteiger partial charge in [0.15, 0.2) is 0 Å². The molecule has 1 aliphatic heterocycles. The minimum absolute atomic E-state index is 0.0557. The molecule has 1 saturated heterocycles. The van der Waals surface area contributed by atoms with Gasteiger partial charge in [-0.1, -0.05) is 30.3 Å². The molecule has 1 fully saturated rings. The van der Waals surface area contributed by atoms with E-state index in [1.165, 1.54) is 4.90 Å². The molecule has 0 radical (unpaired) electrons. The van der Waals surface area contributed by atoms with Crippen LogP contribution in [0.1, 0.15) is 59.9 Å². The second-order valence-electron chi connectivity index (χ2n) is 11.7. The number of amides is 3. The number of piperazine rings is 1. The number of carbonyl (C=O) groups is 6. The quantitative estimate of drug-likeness (QED) is 0.315. The number of rotatable bonds is 10. The standard InChI is InChI=1S/C29H41N3O10/c1-28(2,3)41-24(35)17-31-13-14-32(21(26(31)37)16-22(33)39-7)25(36)20(30-27(38)42-29(4,5)6)15-23(34)40-18-19-11-9-8-10-12-19/h8-12,20-21H,13-18H2,1-7H3,(H,30,38)/t20-,21-/m0/s1. The number of nitrogens with zero attached hydrogens (tertiary/aromatic N) is 2. The monoisotopic (exact) mass is 591 g/mol. The Balaban J connectivity index is 2.27. The third-order valence-electron chi connectivity index (χ3n) is 5.80. The predicted molar refractivity (Wildman–Crippen MR) is 149 cm³/mol. The number of ether oxygens (including phenoxy) is 4. The number of carbonyl (C=O) groups excluding carboxylic acids is 6. The highest BCUT2D eigenvalue weighted by molar-refractivity contribution is 5.96. The van der Waals surface area contributed by atoms with E-state index in [1.807, 2.05) is 6.07 Å². The van der Waals surface area contributed by atoms with Crippen molar-refractivity contribution < 1.29 is 47.7 Å². The maximum Gasteiger partial charge on any atom is 0.408 e. The van der Waals surface area contributed by atoms with Gasteiger partial charge in [0.25, 0.3) is 0 Å². The summed E-state index contributed by atoms with van der Waals surface area (Å²) >= 11 is 0. The topological polar surface area (TPSA) is 158 Å². The maximum atomic E-state index is 13.8. The van der Waals surface area contributed by atoms with Crippen molar-refractivity contribution >= 4 is 35.8 Å². The molecular formula is C29H41N3O10. The molecule has 13 heteroatoms. The van der Waals surface area contributed by atoms with Crippen LogP contribution in [0, 0.1) is 0 Å². The summed E-state index contributed by atoms with van der Waals surface area (Å²) in [4.78, 5) is 79.5. The Morgan fingerprint density at radius 2 is 1.52 bits per heavy atom. The minimum atomic E-state index is -1.48. The Kier molecular flexibility index (Phi) is 11.9. The Bertz CT molecular complexity index is 1140. The first-order chi connectivity index (χ1) is 19.5. The largest absolute Gasteiger partial charge is 0.469 e. The van der Waals surface area contributed by atoms with E-state index in [9.17, 15) is 28.8 Å². The zero-order chi connectivity index (χ0) is 31.7. The molecule has 2 rings (SSSR count). The molecule has 1 aliphatic rings. The maximum absolute atomic E-state index is 13.8. The Labute approximate surface area is 245 Å². The van der Waals surface area contributed by atoms with Gasteiger partial charge < -0.3 is 34.1 Å². The molecule has 232 valence electrons. The van der Waals surface area contributed by atoms with E-state index in [1.54, 1.807) is 65.8 Å². The molecule has 0 spiro atoms. The molecule has 0 bridgehead atoms. The average molecular weight is 592 g/mol. The molecule has 1 aromatic rings. The van der Waals surface area contributed by atoms with Crippen molar-refractivity contribution in [1.29, 1.82) is 0 Å². The third kappa shape index (κ3) is 11.4. The smallest absolute Gasteiger partial charge is 0.408 e. The van der Waals surface area contributed by atoms with Gasteiger partial charge in [0.05, 0.1) is 20.0 Å². The predicted octanol–water partition coefficient (Wildman–Crippen LogP) is 1.96. The van der Waals surface area contributed by atoms with Gasteiger partial charge in [0, 0.05) is 13.1 Å². The fourth-order valence-corrected chi connectivity index (χ4v) is 4.04. The Hall–Kier alpha value is -4.16. The van der Waals surface area contributed by atoms with Gasteiger partial charge in [0.1, 0.15) is 36.4 Å². The number of alkyl carbamates (subject to hydrolysis) is 1. The normalized spacial score (nSPS) is 16.3. The first-order valence-corrected chi connectivity index (χ1v) is 13.6. The van der Waals surface area contributed by atoms with Crippen LogP contribution in [0.25, 0.3) is 0 Å². The molecule has 0 saturated carbocycles. The van der Waals surface area contributed by atoms with Crippen LogP contribution < -0.4 is 5.32 Å². The zero-order valence-corrected chi connectivity index (χ0v) is 25.3. The molecule has 1 aromatic carbocycles. The summed E-state index contributed by atoms with van der Waals surface area (Å²) in [6, 6.07) is 6.05. The summed E-state index contributed by atoms with van der Waals surface area (Å²) in [5.41, 5.74) is -0.958. The van der Waals surface area contributed by atoms with Crippen LogP contribution in [0.3, 0.4) is 0 Å². The summed E-state index contributed by atoms with van der Waals surface area (Å²) < 4.78 is 20.6. The lowest BCUT2D eigenvalue weighted by atomic mass is 10.0. The molecule has 3 amide bonds. The van der Waals surface area contributed by atoms with Crippen LogP contribution in [0.15, 0.2) is 30.3 Å². The van der Waals surface area contributed by atoms with Crippen LogP contribution in [-0.2, 0) is 49.5 Å². The second kappa shape index (κ2) is 14.6. The van der Waals surface area contributed by atoms with Crippen molar-refractivity contribution in [3.63, 3.8) is 0 Å². The third-order valence-corrected chi connectivity index (χ3v) is 5.80. The van der Waals surface area contributed by atoms with Gasteiger partial charge in [0.2, 0.25) is 11.8 Å². The molecule has 0 unspecified atom stereocenters. The first kappa shape index (κ1) is 34.0.